The van der Waals surface area contributed by atoms with E-state index in [0.717, 1.165) is 19.1 Å². The predicted molar refractivity (Wildman–Crippen MR) is 46.6 cm³/mol. The van der Waals surface area contributed by atoms with Crippen molar-refractivity contribution < 1.29 is 14.3 Å². The third-order valence-electron chi connectivity index (χ3n) is 1.31. The topological polar surface area (TPSA) is 59.3 Å². The molecule has 0 N–H and O–H groups in total. The zero-order chi connectivity index (χ0) is 10.1. The van der Waals surface area contributed by atoms with Crippen molar-refractivity contribution >= 4 is 5.97 Å². The zero-order valence-electron chi connectivity index (χ0n) is 7.87. The molecule has 72 valence electrons. The van der Waals surface area contributed by atoms with Gasteiger partial charge in [-0.15, -0.1) is 0 Å². The van der Waals surface area contributed by atoms with Gasteiger partial charge in [-0.05, 0) is 6.42 Å². The van der Waals surface area contributed by atoms with Gasteiger partial charge in [0.05, 0.1) is 13.7 Å². The predicted octanol–water partition coefficient (Wildman–Crippen LogP) is 1.38. The summed E-state index contributed by atoms with van der Waals surface area (Å²) in [5.41, 5.74) is -0.112. The summed E-state index contributed by atoms with van der Waals surface area (Å²) >= 11 is 0. The number of esters is 1. The van der Waals surface area contributed by atoms with Gasteiger partial charge in [0.25, 0.3) is 0 Å². The summed E-state index contributed by atoms with van der Waals surface area (Å²) in [5, 5.41) is 8.48. The van der Waals surface area contributed by atoms with E-state index < -0.39 is 5.97 Å². The maximum Gasteiger partial charge on any atom is 0.352 e. The summed E-state index contributed by atoms with van der Waals surface area (Å²) in [7, 11) is 1.37. The van der Waals surface area contributed by atoms with Crippen molar-refractivity contribution in [3.63, 3.8) is 0 Å². The fraction of sp³-hybridized carbons (Fsp3) is 0.556. The second kappa shape index (κ2) is 7.17. The van der Waals surface area contributed by atoms with Gasteiger partial charge in [-0.3, -0.25) is 0 Å². The average molecular weight is 183 g/mol. The maximum atomic E-state index is 11.0. The molecule has 0 aliphatic rings. The van der Waals surface area contributed by atoms with E-state index >= 15 is 0 Å². The Kier molecular flexibility index (Phi) is 6.34. The van der Waals surface area contributed by atoms with Crippen LogP contribution in [0, 0.1) is 11.3 Å². The van der Waals surface area contributed by atoms with E-state index in [1.54, 1.807) is 6.07 Å². The minimum Gasteiger partial charge on any atom is -0.503 e. The number of nitriles is 1. The van der Waals surface area contributed by atoms with Crippen LogP contribution in [0.4, 0.5) is 0 Å². The Hall–Kier alpha value is -1.50. The van der Waals surface area contributed by atoms with Crippen molar-refractivity contribution in [2.75, 3.05) is 13.7 Å². The molecule has 0 heterocycles. The van der Waals surface area contributed by atoms with E-state index in [1.165, 1.54) is 7.11 Å². The number of carbonyl (C=O) groups excluding carboxylic acids is 1. The first kappa shape index (κ1) is 11.5. The second-order valence-electron chi connectivity index (χ2n) is 2.37. The number of methoxy groups -OCH3 is 1. The van der Waals surface area contributed by atoms with Gasteiger partial charge in [0.2, 0.25) is 0 Å². The number of ether oxygens (including phenoxy) is 2. The summed E-state index contributed by atoms with van der Waals surface area (Å²) in [6, 6.07) is 1.69. The molecular formula is C9H13NO3. The van der Waals surface area contributed by atoms with E-state index in [-0.39, 0.29) is 5.57 Å². The molecular weight excluding hydrogens is 170 g/mol. The Morgan fingerprint density at radius 3 is 2.77 bits per heavy atom. The van der Waals surface area contributed by atoms with E-state index in [4.69, 9.17) is 10.00 Å². The van der Waals surface area contributed by atoms with Crippen LogP contribution in [0.15, 0.2) is 11.8 Å². The Bertz CT molecular complexity index is 228. The lowest BCUT2D eigenvalue weighted by molar-refractivity contribution is -0.138. The van der Waals surface area contributed by atoms with Crippen LogP contribution < -0.4 is 0 Å². The monoisotopic (exact) mass is 183 g/mol. The molecule has 0 rings (SSSR count). The quantitative estimate of drug-likeness (QED) is 0.212. The van der Waals surface area contributed by atoms with E-state index in [0.29, 0.717) is 6.61 Å². The molecule has 4 nitrogen and oxygen atoms in total. The second-order valence-corrected chi connectivity index (χ2v) is 2.37. The molecule has 0 spiro atoms. The number of unbranched alkanes of at least 4 members (excludes halogenated alkanes) is 1. The third-order valence-corrected chi connectivity index (χ3v) is 1.31. The SMILES string of the molecule is CCCCOC(=O)C(C#N)=COC. The van der Waals surface area contributed by atoms with Crippen molar-refractivity contribution in [3.05, 3.63) is 11.8 Å². The van der Waals surface area contributed by atoms with Crippen molar-refractivity contribution in [3.8, 4) is 6.07 Å². The lowest BCUT2D eigenvalue weighted by atomic mass is 10.3. The highest BCUT2D eigenvalue weighted by molar-refractivity contribution is 5.92. The van der Waals surface area contributed by atoms with Crippen LogP contribution in [0.3, 0.4) is 0 Å². The average Bonchev–Trinajstić information content (AvgIpc) is 2.14. The third kappa shape index (κ3) is 4.86. The first-order valence-corrected chi connectivity index (χ1v) is 4.06. The molecule has 0 atom stereocenters. The summed E-state index contributed by atoms with van der Waals surface area (Å²) in [5.74, 6) is -0.627. The van der Waals surface area contributed by atoms with Gasteiger partial charge in [0.1, 0.15) is 12.3 Å². The Balaban J connectivity index is 3.95. The standard InChI is InChI=1S/C9H13NO3/c1-3-4-5-13-9(11)8(6-10)7-12-2/h7H,3-5H2,1-2H3. The van der Waals surface area contributed by atoms with Crippen molar-refractivity contribution in [1.29, 1.82) is 5.26 Å². The van der Waals surface area contributed by atoms with Crippen LogP contribution in [-0.4, -0.2) is 19.7 Å². The summed E-state index contributed by atoms with van der Waals surface area (Å²) in [6.07, 6.45) is 2.83. The molecule has 0 unspecified atom stereocenters. The number of hydrogen-bond donors (Lipinski definition) is 0. The van der Waals surface area contributed by atoms with E-state index in [2.05, 4.69) is 4.74 Å². The first-order chi connectivity index (χ1) is 6.26. The van der Waals surface area contributed by atoms with Crippen LogP contribution in [-0.2, 0) is 14.3 Å². The number of nitrogens with zero attached hydrogens (tertiary/aromatic N) is 1. The Morgan fingerprint density at radius 2 is 2.31 bits per heavy atom. The zero-order valence-corrected chi connectivity index (χ0v) is 7.87. The Labute approximate surface area is 77.8 Å². The van der Waals surface area contributed by atoms with Crippen LogP contribution in [0.2, 0.25) is 0 Å². The molecule has 0 aliphatic heterocycles. The summed E-state index contributed by atoms with van der Waals surface area (Å²) < 4.78 is 9.32. The van der Waals surface area contributed by atoms with Gasteiger partial charge in [0.15, 0.2) is 5.57 Å². The molecule has 0 aromatic heterocycles. The van der Waals surface area contributed by atoms with Crippen LogP contribution >= 0.6 is 0 Å². The molecule has 0 fully saturated rings. The largest absolute Gasteiger partial charge is 0.503 e. The van der Waals surface area contributed by atoms with E-state index in [1.807, 2.05) is 6.92 Å². The van der Waals surface area contributed by atoms with E-state index in [9.17, 15) is 4.79 Å². The Morgan fingerprint density at radius 1 is 1.62 bits per heavy atom. The highest BCUT2D eigenvalue weighted by Crippen LogP contribution is 1.98. The van der Waals surface area contributed by atoms with Gasteiger partial charge < -0.3 is 9.47 Å². The summed E-state index contributed by atoms with van der Waals surface area (Å²) in [4.78, 5) is 11.0. The number of carbonyl (C=O) groups is 1. The highest BCUT2D eigenvalue weighted by atomic mass is 16.5. The van der Waals surface area contributed by atoms with Gasteiger partial charge in [-0.2, -0.15) is 5.26 Å². The number of hydrogen-bond acceptors (Lipinski definition) is 4. The minimum atomic E-state index is -0.627. The molecule has 13 heavy (non-hydrogen) atoms. The molecule has 0 aromatic rings. The number of rotatable bonds is 5. The normalized spacial score (nSPS) is 10.4. The highest BCUT2D eigenvalue weighted by Gasteiger charge is 2.09. The smallest absolute Gasteiger partial charge is 0.352 e. The van der Waals surface area contributed by atoms with Gasteiger partial charge in [-0.1, -0.05) is 13.3 Å². The summed E-state index contributed by atoms with van der Waals surface area (Å²) in [6.45, 7) is 2.34. The van der Waals surface area contributed by atoms with Gasteiger partial charge in [0, 0.05) is 0 Å². The van der Waals surface area contributed by atoms with Gasteiger partial charge in [-0.25, -0.2) is 4.79 Å². The van der Waals surface area contributed by atoms with Crippen molar-refractivity contribution in [2.45, 2.75) is 19.8 Å². The molecule has 0 saturated heterocycles. The fourth-order valence-electron chi connectivity index (χ4n) is 0.625. The molecule has 0 saturated carbocycles. The van der Waals surface area contributed by atoms with Crippen molar-refractivity contribution in [1.82, 2.24) is 0 Å². The van der Waals surface area contributed by atoms with Crippen molar-refractivity contribution in [2.24, 2.45) is 0 Å². The van der Waals surface area contributed by atoms with Gasteiger partial charge >= 0.3 is 5.97 Å². The van der Waals surface area contributed by atoms with Crippen LogP contribution in [0.25, 0.3) is 0 Å². The molecule has 0 radical (unpaired) electrons. The molecule has 0 aromatic carbocycles. The molecule has 0 amide bonds. The molecule has 4 heteroatoms. The first-order valence-electron chi connectivity index (χ1n) is 4.06. The lowest BCUT2D eigenvalue weighted by Crippen LogP contribution is -2.08. The van der Waals surface area contributed by atoms with Crippen LogP contribution in [0.5, 0.6) is 0 Å². The lowest BCUT2D eigenvalue weighted by Gasteiger charge is -2.01. The maximum absolute atomic E-state index is 11.0. The minimum absolute atomic E-state index is 0.112. The molecule has 0 bridgehead atoms. The van der Waals surface area contributed by atoms with Crippen LogP contribution in [0.1, 0.15) is 19.8 Å². The molecule has 0 aliphatic carbocycles. The fourth-order valence-corrected chi connectivity index (χ4v) is 0.625.